The largest absolute Gasteiger partial charge is 0.481 e. The molecular formula is C20H19Cl2N7O6. The Bertz CT molecular complexity index is 1340. The number of H-pyrrole nitrogens is 1. The maximum Gasteiger partial charge on any atom is 0.326 e. The molecule has 0 aliphatic heterocycles. The van der Waals surface area contributed by atoms with Gasteiger partial charge in [-0.05, 0) is 18.6 Å². The summed E-state index contributed by atoms with van der Waals surface area (Å²) in [6, 6.07) is 1.20. The first-order chi connectivity index (χ1) is 16.5. The number of halogens is 2. The van der Waals surface area contributed by atoms with E-state index in [0.29, 0.717) is 24.3 Å². The van der Waals surface area contributed by atoms with E-state index in [1.54, 1.807) is 0 Å². The highest BCUT2D eigenvalue weighted by molar-refractivity contribution is 6.39. The molecular weight excluding hydrogens is 505 g/mol. The second-order valence-corrected chi connectivity index (χ2v) is 8.09. The maximum atomic E-state index is 12.5. The summed E-state index contributed by atoms with van der Waals surface area (Å²) in [5, 5.41) is 23.4. The van der Waals surface area contributed by atoms with E-state index in [2.05, 4.69) is 30.6 Å². The van der Waals surface area contributed by atoms with Gasteiger partial charge in [0.2, 0.25) is 5.95 Å². The third kappa shape index (κ3) is 6.55. The Balaban J connectivity index is 1.67. The fourth-order valence-electron chi connectivity index (χ4n) is 3.05. The number of fused-ring (bicyclic) bond motifs is 1. The van der Waals surface area contributed by atoms with Crippen molar-refractivity contribution >= 4 is 63.8 Å². The number of aromatic amines is 1. The van der Waals surface area contributed by atoms with E-state index in [0.717, 1.165) is 0 Å². The fourth-order valence-corrected chi connectivity index (χ4v) is 3.67. The van der Waals surface area contributed by atoms with Crippen LogP contribution in [0, 0.1) is 0 Å². The van der Waals surface area contributed by atoms with Gasteiger partial charge in [-0.1, -0.05) is 23.2 Å². The van der Waals surface area contributed by atoms with Crippen molar-refractivity contribution in [3.63, 3.8) is 0 Å². The number of carboxylic acid groups (broad SMARTS) is 2. The molecule has 3 aromatic rings. The van der Waals surface area contributed by atoms with Gasteiger partial charge in [-0.15, -0.1) is 0 Å². The summed E-state index contributed by atoms with van der Waals surface area (Å²) in [5.74, 6) is -3.39. The highest BCUT2D eigenvalue weighted by atomic mass is 35.5. The van der Waals surface area contributed by atoms with Crippen molar-refractivity contribution in [3.05, 3.63) is 50.0 Å². The van der Waals surface area contributed by atoms with Crippen LogP contribution in [0.2, 0.25) is 10.0 Å². The third-order valence-corrected chi connectivity index (χ3v) is 5.32. The minimum Gasteiger partial charge on any atom is -0.481 e. The number of aromatic nitrogens is 4. The third-order valence-electron chi connectivity index (χ3n) is 4.72. The molecule has 184 valence electrons. The van der Waals surface area contributed by atoms with Gasteiger partial charge in [-0.25, -0.2) is 14.8 Å². The van der Waals surface area contributed by atoms with Gasteiger partial charge in [0.15, 0.2) is 11.2 Å². The number of benzene rings is 1. The van der Waals surface area contributed by atoms with Gasteiger partial charge in [0, 0.05) is 24.9 Å². The molecule has 1 aromatic carbocycles. The number of carboxylic acids is 2. The number of carbonyl (C=O) groups is 3. The predicted molar refractivity (Wildman–Crippen MR) is 127 cm³/mol. The first-order valence-electron chi connectivity index (χ1n) is 10.0. The molecule has 0 saturated heterocycles. The number of nitrogens with zero attached hydrogens (tertiary/aromatic N) is 3. The van der Waals surface area contributed by atoms with E-state index < -0.39 is 35.9 Å². The van der Waals surface area contributed by atoms with Crippen LogP contribution in [0.4, 0.5) is 11.6 Å². The number of nitrogen functional groups attached to an aromatic ring is 1. The first kappa shape index (κ1) is 25.6. The number of anilines is 2. The van der Waals surface area contributed by atoms with Crippen molar-refractivity contribution in [1.82, 2.24) is 25.3 Å². The van der Waals surface area contributed by atoms with Gasteiger partial charge in [-0.3, -0.25) is 19.4 Å². The average molecular weight is 524 g/mol. The number of nitrogens with one attached hydrogen (secondary N) is 3. The Morgan fingerprint density at radius 3 is 2.46 bits per heavy atom. The van der Waals surface area contributed by atoms with Crippen LogP contribution in [-0.4, -0.2) is 60.6 Å². The predicted octanol–water partition coefficient (Wildman–Crippen LogP) is 1.30. The molecule has 2 heterocycles. The fraction of sp³-hybridized carbons (Fsp3) is 0.250. The molecule has 0 fully saturated rings. The number of hydrogen-bond acceptors (Lipinski definition) is 9. The van der Waals surface area contributed by atoms with Gasteiger partial charge in [0.25, 0.3) is 11.5 Å². The molecule has 15 heteroatoms. The lowest BCUT2D eigenvalue weighted by atomic mass is 10.1. The van der Waals surface area contributed by atoms with E-state index in [9.17, 15) is 24.3 Å². The van der Waals surface area contributed by atoms with Crippen molar-refractivity contribution < 1.29 is 24.6 Å². The molecule has 1 amide bonds. The van der Waals surface area contributed by atoms with Crippen molar-refractivity contribution in [3.8, 4) is 0 Å². The second kappa shape index (κ2) is 11.0. The topological polar surface area (TPSA) is 213 Å². The van der Waals surface area contributed by atoms with Crippen LogP contribution in [0.15, 0.2) is 23.1 Å². The average Bonchev–Trinajstić information content (AvgIpc) is 2.78. The number of nitrogens with two attached hydrogens (primary N) is 1. The monoisotopic (exact) mass is 523 g/mol. The molecule has 2 aromatic heterocycles. The Hall–Kier alpha value is -3.97. The molecule has 1 atom stereocenters. The molecule has 7 N–H and O–H groups in total. The van der Waals surface area contributed by atoms with Crippen LogP contribution in [0.1, 0.15) is 28.9 Å². The lowest BCUT2D eigenvalue weighted by molar-refractivity contribution is -0.140. The number of carbonyl (C=O) groups excluding carboxylic acids is 1. The van der Waals surface area contributed by atoms with Gasteiger partial charge in [0.05, 0.1) is 27.6 Å². The summed E-state index contributed by atoms with van der Waals surface area (Å²) in [4.78, 5) is 61.0. The zero-order chi connectivity index (χ0) is 25.7. The minimum atomic E-state index is -1.39. The van der Waals surface area contributed by atoms with Gasteiger partial charge >= 0.3 is 11.9 Å². The number of aliphatic carboxylic acids is 2. The summed E-state index contributed by atoms with van der Waals surface area (Å²) < 4.78 is 0. The summed E-state index contributed by atoms with van der Waals surface area (Å²) in [5.41, 5.74) is 5.96. The Morgan fingerprint density at radius 1 is 1.14 bits per heavy atom. The molecule has 0 aliphatic carbocycles. The molecule has 35 heavy (non-hydrogen) atoms. The van der Waals surface area contributed by atoms with Crippen LogP contribution in [-0.2, 0) is 16.0 Å². The smallest absolute Gasteiger partial charge is 0.326 e. The minimum absolute atomic E-state index is 0.00137. The van der Waals surface area contributed by atoms with E-state index in [4.69, 9.17) is 34.0 Å². The molecule has 13 nitrogen and oxygen atoms in total. The van der Waals surface area contributed by atoms with Crippen LogP contribution in [0.3, 0.4) is 0 Å². The Labute approximate surface area is 206 Å². The van der Waals surface area contributed by atoms with Gasteiger partial charge in [0.1, 0.15) is 6.04 Å². The highest BCUT2D eigenvalue weighted by Crippen LogP contribution is 2.32. The van der Waals surface area contributed by atoms with Gasteiger partial charge < -0.3 is 26.6 Å². The number of hydrogen-bond donors (Lipinski definition) is 6. The Kier molecular flexibility index (Phi) is 8.04. The Morgan fingerprint density at radius 2 is 1.83 bits per heavy atom. The summed E-state index contributed by atoms with van der Waals surface area (Å²) in [7, 11) is 0. The SMILES string of the molecule is Nc1nc2ncc(CCNc3c(Cl)cc(C(=O)N[C@H](CCC(=O)O)C(=O)O)cc3Cl)nc2c(=O)[nH]1. The maximum absolute atomic E-state index is 12.5. The van der Waals surface area contributed by atoms with E-state index >= 15 is 0 Å². The zero-order valence-corrected chi connectivity index (χ0v) is 19.4. The molecule has 0 bridgehead atoms. The second-order valence-electron chi connectivity index (χ2n) is 7.27. The zero-order valence-electron chi connectivity index (χ0n) is 17.8. The number of amides is 1. The summed E-state index contributed by atoms with van der Waals surface area (Å²) >= 11 is 12.5. The molecule has 0 radical (unpaired) electrons. The van der Waals surface area contributed by atoms with Crippen LogP contribution >= 0.6 is 23.2 Å². The van der Waals surface area contributed by atoms with Crippen molar-refractivity contribution in [2.24, 2.45) is 0 Å². The van der Waals surface area contributed by atoms with E-state index in [1.807, 2.05) is 0 Å². The molecule has 0 spiro atoms. The standard InChI is InChI=1S/C20H19Cl2N7O6/c21-10-5-8(17(32)27-12(19(34)35)1-2-13(30)31)6-11(22)14(10)24-4-3-9-7-25-16-15(26-9)18(33)29-20(23)28-16/h5-7,12,24H,1-4H2,(H,27,32)(H,30,31)(H,34,35)(H3,23,25,28,29,33)/t12-/m1/s1. The quantitative estimate of drug-likeness (QED) is 0.222. The lowest BCUT2D eigenvalue weighted by Crippen LogP contribution is -2.41. The van der Waals surface area contributed by atoms with Crippen LogP contribution in [0.5, 0.6) is 0 Å². The number of rotatable bonds is 10. The van der Waals surface area contributed by atoms with E-state index in [-0.39, 0.29) is 39.1 Å². The normalized spacial score (nSPS) is 11.7. The molecule has 0 saturated carbocycles. The summed E-state index contributed by atoms with van der Waals surface area (Å²) in [6.45, 7) is 0.293. The van der Waals surface area contributed by atoms with Crippen molar-refractivity contribution in [2.45, 2.75) is 25.3 Å². The van der Waals surface area contributed by atoms with Crippen molar-refractivity contribution in [1.29, 1.82) is 0 Å². The van der Waals surface area contributed by atoms with Gasteiger partial charge in [-0.2, -0.15) is 4.98 Å². The van der Waals surface area contributed by atoms with Crippen LogP contribution < -0.4 is 21.9 Å². The lowest BCUT2D eigenvalue weighted by Gasteiger charge is -2.15. The van der Waals surface area contributed by atoms with E-state index in [1.165, 1.54) is 18.3 Å². The first-order valence-corrected chi connectivity index (χ1v) is 10.8. The summed E-state index contributed by atoms with van der Waals surface area (Å²) in [6.07, 6.45) is 1.08. The van der Waals surface area contributed by atoms with Crippen molar-refractivity contribution in [2.75, 3.05) is 17.6 Å². The molecule has 0 unspecified atom stereocenters. The van der Waals surface area contributed by atoms with Crippen LogP contribution in [0.25, 0.3) is 11.2 Å². The highest BCUT2D eigenvalue weighted by Gasteiger charge is 2.22. The molecule has 0 aliphatic rings. The molecule has 3 rings (SSSR count).